The number of carbonyl (C=O) groups excluding carboxylic acids is 1. The van der Waals surface area contributed by atoms with Gasteiger partial charge < -0.3 is 4.90 Å². The number of hydrogen-bond donors (Lipinski definition) is 0. The van der Waals surface area contributed by atoms with Crippen molar-refractivity contribution in [3.05, 3.63) is 0 Å². The van der Waals surface area contributed by atoms with Gasteiger partial charge >= 0.3 is 0 Å². The molecule has 2 rings (SSSR count). The zero-order chi connectivity index (χ0) is 9.80. The standard InChI is InChI=1S/C12H21NO/c14-12(10-11-6-5-7-11)13-8-3-1-2-4-9-13/h11H,1-10H2. The summed E-state index contributed by atoms with van der Waals surface area (Å²) in [6.07, 6.45) is 9.82. The smallest absolute Gasteiger partial charge is 0.222 e. The van der Waals surface area contributed by atoms with E-state index in [-0.39, 0.29) is 0 Å². The Balaban J connectivity index is 1.76. The van der Waals surface area contributed by atoms with Crippen LogP contribution in [0.25, 0.3) is 0 Å². The predicted molar refractivity (Wildman–Crippen MR) is 57.0 cm³/mol. The maximum Gasteiger partial charge on any atom is 0.222 e. The third-order valence-corrected chi connectivity index (χ3v) is 3.65. The summed E-state index contributed by atoms with van der Waals surface area (Å²) < 4.78 is 0. The molecule has 1 aliphatic heterocycles. The summed E-state index contributed by atoms with van der Waals surface area (Å²) in [5, 5.41) is 0. The van der Waals surface area contributed by atoms with Gasteiger partial charge in [-0.1, -0.05) is 19.3 Å². The summed E-state index contributed by atoms with van der Waals surface area (Å²) in [6, 6.07) is 0. The fraction of sp³-hybridized carbons (Fsp3) is 0.917. The second-order valence-electron chi connectivity index (χ2n) is 4.80. The average molecular weight is 195 g/mol. The highest BCUT2D eigenvalue weighted by Gasteiger charge is 2.23. The topological polar surface area (TPSA) is 20.3 Å². The zero-order valence-corrected chi connectivity index (χ0v) is 9.00. The molecule has 80 valence electrons. The molecule has 0 unspecified atom stereocenters. The van der Waals surface area contributed by atoms with E-state index >= 15 is 0 Å². The Labute approximate surface area is 86.7 Å². The summed E-state index contributed by atoms with van der Waals surface area (Å²) in [7, 11) is 0. The van der Waals surface area contributed by atoms with Crippen molar-refractivity contribution in [2.75, 3.05) is 13.1 Å². The molecule has 0 aromatic heterocycles. The first-order chi connectivity index (χ1) is 6.86. The highest BCUT2D eigenvalue weighted by Crippen LogP contribution is 2.30. The minimum atomic E-state index is 0.427. The lowest BCUT2D eigenvalue weighted by Gasteiger charge is -2.28. The molecule has 14 heavy (non-hydrogen) atoms. The summed E-state index contributed by atoms with van der Waals surface area (Å²) in [5.74, 6) is 1.15. The molecular weight excluding hydrogens is 174 g/mol. The molecule has 0 spiro atoms. The van der Waals surface area contributed by atoms with E-state index in [0.29, 0.717) is 5.91 Å². The van der Waals surface area contributed by atoms with Gasteiger partial charge in [-0.2, -0.15) is 0 Å². The SMILES string of the molecule is O=C(CC1CCC1)N1CCCCCC1. The van der Waals surface area contributed by atoms with Gasteiger partial charge in [-0.15, -0.1) is 0 Å². The number of amides is 1. The number of carbonyl (C=O) groups is 1. The molecule has 0 bridgehead atoms. The zero-order valence-electron chi connectivity index (χ0n) is 9.00. The van der Waals surface area contributed by atoms with Gasteiger partial charge in [0.2, 0.25) is 5.91 Å². The molecule has 0 N–H and O–H groups in total. The summed E-state index contributed by atoms with van der Waals surface area (Å²) >= 11 is 0. The number of nitrogens with zero attached hydrogens (tertiary/aromatic N) is 1. The van der Waals surface area contributed by atoms with Crippen LogP contribution < -0.4 is 0 Å². The third kappa shape index (κ3) is 2.49. The first-order valence-corrected chi connectivity index (χ1v) is 6.14. The van der Waals surface area contributed by atoms with Crippen LogP contribution in [0.4, 0.5) is 0 Å². The van der Waals surface area contributed by atoms with Gasteiger partial charge in [0.05, 0.1) is 0 Å². The molecule has 1 saturated carbocycles. The van der Waals surface area contributed by atoms with Crippen LogP contribution in [-0.2, 0) is 4.79 Å². The Morgan fingerprint density at radius 2 is 1.64 bits per heavy atom. The van der Waals surface area contributed by atoms with Crippen LogP contribution in [0.15, 0.2) is 0 Å². The van der Waals surface area contributed by atoms with Crippen molar-refractivity contribution in [3.8, 4) is 0 Å². The molecule has 0 aromatic rings. The van der Waals surface area contributed by atoms with Crippen LogP contribution in [0, 0.1) is 5.92 Å². The lowest BCUT2D eigenvalue weighted by Crippen LogP contribution is -2.34. The van der Waals surface area contributed by atoms with Crippen LogP contribution >= 0.6 is 0 Å². The Hall–Kier alpha value is -0.530. The average Bonchev–Trinajstić information content (AvgIpc) is 2.38. The Bertz CT molecular complexity index is 190. The van der Waals surface area contributed by atoms with Crippen LogP contribution in [0.2, 0.25) is 0 Å². The maximum atomic E-state index is 11.9. The molecule has 1 amide bonds. The largest absolute Gasteiger partial charge is 0.343 e. The van der Waals surface area contributed by atoms with Gasteiger partial charge in [0.15, 0.2) is 0 Å². The van der Waals surface area contributed by atoms with Gasteiger partial charge in [-0.25, -0.2) is 0 Å². The highest BCUT2D eigenvalue weighted by atomic mass is 16.2. The molecule has 0 atom stereocenters. The molecule has 2 nitrogen and oxygen atoms in total. The Morgan fingerprint density at radius 1 is 1.00 bits per heavy atom. The summed E-state index contributed by atoms with van der Waals surface area (Å²) in [4.78, 5) is 14.0. The van der Waals surface area contributed by atoms with Crippen molar-refractivity contribution in [2.45, 2.75) is 51.4 Å². The van der Waals surface area contributed by atoms with E-state index in [1.807, 2.05) is 0 Å². The lowest BCUT2D eigenvalue weighted by molar-refractivity contribution is -0.132. The second kappa shape index (κ2) is 4.81. The normalized spacial score (nSPS) is 24.1. The van der Waals surface area contributed by atoms with Crippen LogP contribution in [-0.4, -0.2) is 23.9 Å². The van der Waals surface area contributed by atoms with Gasteiger partial charge in [-0.05, 0) is 31.6 Å². The fourth-order valence-corrected chi connectivity index (χ4v) is 2.39. The quantitative estimate of drug-likeness (QED) is 0.663. The van der Waals surface area contributed by atoms with Crippen LogP contribution in [0.1, 0.15) is 51.4 Å². The van der Waals surface area contributed by atoms with Crippen LogP contribution in [0.5, 0.6) is 0 Å². The van der Waals surface area contributed by atoms with E-state index in [9.17, 15) is 4.79 Å². The molecule has 1 heterocycles. The minimum Gasteiger partial charge on any atom is -0.343 e. The number of likely N-dealkylation sites (tertiary alicyclic amines) is 1. The number of rotatable bonds is 2. The maximum absolute atomic E-state index is 11.9. The minimum absolute atomic E-state index is 0.427. The number of hydrogen-bond acceptors (Lipinski definition) is 1. The molecule has 2 fully saturated rings. The fourth-order valence-electron chi connectivity index (χ4n) is 2.39. The van der Waals surface area contributed by atoms with Crippen molar-refractivity contribution in [3.63, 3.8) is 0 Å². The first-order valence-electron chi connectivity index (χ1n) is 6.14. The molecule has 2 heteroatoms. The van der Waals surface area contributed by atoms with Gasteiger partial charge in [0.25, 0.3) is 0 Å². The lowest BCUT2D eigenvalue weighted by atomic mass is 9.82. The van der Waals surface area contributed by atoms with E-state index in [0.717, 1.165) is 25.4 Å². The van der Waals surface area contributed by atoms with Gasteiger partial charge in [-0.3, -0.25) is 4.79 Å². The van der Waals surface area contributed by atoms with Crippen molar-refractivity contribution in [1.29, 1.82) is 0 Å². The van der Waals surface area contributed by atoms with Gasteiger partial charge in [0.1, 0.15) is 0 Å². The predicted octanol–water partition coefficient (Wildman–Crippen LogP) is 2.58. The molecule has 2 aliphatic rings. The van der Waals surface area contributed by atoms with Crippen molar-refractivity contribution < 1.29 is 4.79 Å². The van der Waals surface area contributed by atoms with Crippen LogP contribution in [0.3, 0.4) is 0 Å². The van der Waals surface area contributed by atoms with E-state index in [2.05, 4.69) is 4.90 Å². The van der Waals surface area contributed by atoms with Crippen molar-refractivity contribution in [1.82, 2.24) is 4.90 Å². The Kier molecular flexibility index (Phi) is 3.44. The van der Waals surface area contributed by atoms with E-state index < -0.39 is 0 Å². The van der Waals surface area contributed by atoms with E-state index in [4.69, 9.17) is 0 Å². The van der Waals surface area contributed by atoms with Crippen molar-refractivity contribution in [2.24, 2.45) is 5.92 Å². The molecule has 1 aliphatic carbocycles. The van der Waals surface area contributed by atoms with Gasteiger partial charge in [0, 0.05) is 19.5 Å². The molecular formula is C12H21NO. The molecule has 0 radical (unpaired) electrons. The second-order valence-corrected chi connectivity index (χ2v) is 4.80. The highest BCUT2D eigenvalue weighted by molar-refractivity contribution is 5.76. The van der Waals surface area contributed by atoms with E-state index in [1.165, 1.54) is 44.9 Å². The molecule has 0 aromatic carbocycles. The first kappa shape index (κ1) is 10.0. The monoisotopic (exact) mass is 195 g/mol. The van der Waals surface area contributed by atoms with E-state index in [1.54, 1.807) is 0 Å². The molecule has 1 saturated heterocycles. The third-order valence-electron chi connectivity index (χ3n) is 3.65. The summed E-state index contributed by atoms with van der Waals surface area (Å²) in [6.45, 7) is 2.04. The summed E-state index contributed by atoms with van der Waals surface area (Å²) in [5.41, 5.74) is 0. The van der Waals surface area contributed by atoms with Crippen molar-refractivity contribution >= 4 is 5.91 Å². The Morgan fingerprint density at radius 3 is 2.14 bits per heavy atom.